The second-order valence-corrected chi connectivity index (χ2v) is 14.1. The van der Waals surface area contributed by atoms with Crippen LogP contribution in [-0.2, 0) is 4.74 Å². The molecule has 0 N–H and O–H groups in total. The molecule has 1 saturated heterocycles. The SMILES string of the molecule is CC1=C(/C=C/C(C)=C/C=C/C(C)=C/C=C/C=C(C)/C=C\C=C(C)/C=C/C23OC2(C)CCCC3(C)C)C(C)(C)CCC1. The molecular formula is C40H56O. The summed E-state index contributed by atoms with van der Waals surface area (Å²) >= 11 is 0. The molecule has 2 atom stereocenters. The van der Waals surface area contributed by atoms with Gasteiger partial charge in [-0.1, -0.05) is 135 Å². The first-order valence-electron chi connectivity index (χ1n) is 15.7. The van der Waals surface area contributed by atoms with E-state index in [4.69, 9.17) is 4.74 Å². The number of ether oxygens (including phenoxy) is 1. The van der Waals surface area contributed by atoms with Crippen molar-refractivity contribution in [2.24, 2.45) is 10.8 Å². The first-order valence-corrected chi connectivity index (χ1v) is 15.7. The van der Waals surface area contributed by atoms with Crippen molar-refractivity contribution in [1.29, 1.82) is 0 Å². The highest BCUT2D eigenvalue weighted by molar-refractivity contribution is 5.38. The largest absolute Gasteiger partial charge is 0.358 e. The Kier molecular flexibility index (Phi) is 10.9. The zero-order valence-corrected chi connectivity index (χ0v) is 27.7. The summed E-state index contributed by atoms with van der Waals surface area (Å²) in [6, 6.07) is 0. The molecule has 0 spiro atoms. The lowest BCUT2D eigenvalue weighted by atomic mass is 9.64. The van der Waals surface area contributed by atoms with Crippen LogP contribution in [0.5, 0.6) is 0 Å². The summed E-state index contributed by atoms with van der Waals surface area (Å²) in [6.07, 6.45) is 38.1. The Morgan fingerprint density at radius 2 is 1.17 bits per heavy atom. The zero-order valence-electron chi connectivity index (χ0n) is 27.7. The molecule has 1 nitrogen and oxygen atoms in total. The molecule has 2 fully saturated rings. The van der Waals surface area contributed by atoms with E-state index in [0.29, 0.717) is 0 Å². The smallest absolute Gasteiger partial charge is 0.121 e. The molecule has 1 aliphatic heterocycles. The summed E-state index contributed by atoms with van der Waals surface area (Å²) in [6.45, 7) is 22.6. The molecule has 0 radical (unpaired) electrons. The average molecular weight is 553 g/mol. The van der Waals surface area contributed by atoms with E-state index in [2.05, 4.69) is 154 Å². The predicted octanol–water partition coefficient (Wildman–Crippen LogP) is 11.8. The van der Waals surface area contributed by atoms with E-state index < -0.39 is 0 Å². The van der Waals surface area contributed by atoms with Crippen LogP contribution in [0.2, 0.25) is 0 Å². The van der Waals surface area contributed by atoms with E-state index in [-0.39, 0.29) is 22.0 Å². The highest BCUT2D eigenvalue weighted by Crippen LogP contribution is 2.66. The van der Waals surface area contributed by atoms with Crippen LogP contribution in [0.4, 0.5) is 0 Å². The minimum Gasteiger partial charge on any atom is -0.358 e. The topological polar surface area (TPSA) is 12.5 Å². The summed E-state index contributed by atoms with van der Waals surface area (Å²) in [4.78, 5) is 0. The lowest BCUT2D eigenvalue weighted by molar-refractivity contribution is 0.166. The van der Waals surface area contributed by atoms with E-state index in [9.17, 15) is 0 Å². The van der Waals surface area contributed by atoms with Gasteiger partial charge in [-0.3, -0.25) is 0 Å². The first-order chi connectivity index (χ1) is 19.2. The second-order valence-electron chi connectivity index (χ2n) is 14.1. The van der Waals surface area contributed by atoms with Crippen molar-refractivity contribution >= 4 is 0 Å². The van der Waals surface area contributed by atoms with Crippen molar-refractivity contribution in [2.45, 2.75) is 119 Å². The van der Waals surface area contributed by atoms with Crippen LogP contribution >= 0.6 is 0 Å². The Bertz CT molecular complexity index is 1260. The van der Waals surface area contributed by atoms with Crippen LogP contribution in [0.15, 0.2) is 119 Å². The van der Waals surface area contributed by atoms with Gasteiger partial charge in [0.25, 0.3) is 0 Å². The van der Waals surface area contributed by atoms with Gasteiger partial charge in [-0.05, 0) is 97.1 Å². The fraction of sp³-hybridized carbons (Fsp3) is 0.500. The molecule has 0 bridgehead atoms. The molecular weight excluding hydrogens is 496 g/mol. The Morgan fingerprint density at radius 1 is 0.634 bits per heavy atom. The van der Waals surface area contributed by atoms with Gasteiger partial charge in [0.2, 0.25) is 0 Å². The molecule has 2 unspecified atom stereocenters. The van der Waals surface area contributed by atoms with Gasteiger partial charge in [0.1, 0.15) is 5.60 Å². The van der Waals surface area contributed by atoms with Crippen molar-refractivity contribution in [3.8, 4) is 0 Å². The van der Waals surface area contributed by atoms with Gasteiger partial charge in [-0.25, -0.2) is 0 Å². The number of allylic oxidation sites excluding steroid dienone is 19. The molecule has 3 aliphatic rings. The van der Waals surface area contributed by atoms with Crippen molar-refractivity contribution in [3.63, 3.8) is 0 Å². The van der Waals surface area contributed by atoms with Crippen LogP contribution in [0.3, 0.4) is 0 Å². The molecule has 3 rings (SSSR count). The summed E-state index contributed by atoms with van der Waals surface area (Å²) in [5.41, 5.74) is 8.42. The quantitative estimate of drug-likeness (QED) is 0.194. The summed E-state index contributed by atoms with van der Waals surface area (Å²) in [7, 11) is 0. The van der Waals surface area contributed by atoms with Crippen LogP contribution < -0.4 is 0 Å². The van der Waals surface area contributed by atoms with Crippen molar-refractivity contribution in [1.82, 2.24) is 0 Å². The number of epoxide rings is 1. The maximum Gasteiger partial charge on any atom is 0.121 e. The Hall–Kier alpha value is -2.64. The molecule has 41 heavy (non-hydrogen) atoms. The molecule has 1 heteroatoms. The third kappa shape index (κ3) is 8.45. The summed E-state index contributed by atoms with van der Waals surface area (Å²) < 4.78 is 6.34. The minimum absolute atomic E-state index is 0.0197. The Morgan fingerprint density at radius 3 is 1.73 bits per heavy atom. The van der Waals surface area contributed by atoms with Crippen LogP contribution in [0.25, 0.3) is 0 Å². The zero-order chi connectivity index (χ0) is 30.3. The molecule has 0 amide bonds. The van der Waals surface area contributed by atoms with Crippen molar-refractivity contribution in [3.05, 3.63) is 119 Å². The van der Waals surface area contributed by atoms with Gasteiger partial charge in [-0.2, -0.15) is 0 Å². The predicted molar refractivity (Wildman–Crippen MR) is 181 cm³/mol. The molecule has 1 saturated carbocycles. The van der Waals surface area contributed by atoms with Gasteiger partial charge < -0.3 is 4.74 Å². The third-order valence-corrected chi connectivity index (χ3v) is 9.49. The Balaban J connectivity index is 1.49. The molecule has 222 valence electrons. The highest BCUT2D eigenvalue weighted by Gasteiger charge is 2.73. The van der Waals surface area contributed by atoms with Gasteiger partial charge in [-0.15, -0.1) is 0 Å². The van der Waals surface area contributed by atoms with Crippen LogP contribution in [-0.4, -0.2) is 11.2 Å². The molecule has 0 aromatic carbocycles. The minimum atomic E-state index is -0.103. The maximum atomic E-state index is 6.34. The molecule has 1 heterocycles. The second kappa shape index (κ2) is 13.6. The van der Waals surface area contributed by atoms with Gasteiger partial charge in [0.05, 0.1) is 5.60 Å². The number of hydrogen-bond acceptors (Lipinski definition) is 1. The standard InChI is InChI=1S/C40H56O/c1-31(19-13-21-33(3)24-25-36-35(5)23-15-27-37(36,6)7)17-11-12-18-32(2)20-14-22-34(4)26-30-40-38(8,9)28-16-29-39(40,10)41-40/h11-14,17-22,24-26,30H,15-16,23,27-29H2,1-10H3/b12-11+,19-13+,20-14-,25-24+,30-26+,31-17+,32-18+,33-21+,34-22-. The van der Waals surface area contributed by atoms with Gasteiger partial charge in [0.15, 0.2) is 0 Å². The van der Waals surface area contributed by atoms with Crippen molar-refractivity contribution < 1.29 is 4.74 Å². The van der Waals surface area contributed by atoms with E-state index in [1.807, 2.05) is 0 Å². The molecule has 2 aliphatic carbocycles. The van der Waals surface area contributed by atoms with E-state index in [0.717, 1.165) is 6.42 Å². The van der Waals surface area contributed by atoms with Crippen LogP contribution in [0, 0.1) is 10.8 Å². The highest BCUT2D eigenvalue weighted by atomic mass is 16.6. The lowest BCUT2D eigenvalue weighted by Gasteiger charge is -2.36. The van der Waals surface area contributed by atoms with Crippen LogP contribution in [0.1, 0.15) is 108 Å². The van der Waals surface area contributed by atoms with Crippen molar-refractivity contribution in [2.75, 3.05) is 0 Å². The maximum absolute atomic E-state index is 6.34. The molecule has 0 aromatic heterocycles. The number of fused-ring (bicyclic) bond motifs is 1. The normalized spacial score (nSPS) is 29.6. The number of rotatable bonds is 10. The average Bonchev–Trinajstić information content (AvgIpc) is 3.52. The monoisotopic (exact) mass is 552 g/mol. The van der Waals surface area contributed by atoms with E-state index in [1.165, 1.54) is 60.0 Å². The van der Waals surface area contributed by atoms with Gasteiger partial charge >= 0.3 is 0 Å². The lowest BCUT2D eigenvalue weighted by Crippen LogP contribution is -2.41. The summed E-state index contributed by atoms with van der Waals surface area (Å²) in [5, 5.41) is 0. The Labute approximate surface area is 252 Å². The van der Waals surface area contributed by atoms with E-state index >= 15 is 0 Å². The van der Waals surface area contributed by atoms with Gasteiger partial charge in [0, 0.05) is 5.41 Å². The summed E-state index contributed by atoms with van der Waals surface area (Å²) in [5.74, 6) is 0. The number of hydrogen-bond donors (Lipinski definition) is 0. The van der Waals surface area contributed by atoms with E-state index in [1.54, 1.807) is 5.57 Å². The molecule has 0 aromatic rings. The fourth-order valence-corrected chi connectivity index (χ4v) is 6.72. The fourth-order valence-electron chi connectivity index (χ4n) is 6.72. The third-order valence-electron chi connectivity index (χ3n) is 9.49. The first kappa shape index (κ1) is 32.9.